The fraction of sp³-hybridized carbons (Fsp3) is 0.240. The van der Waals surface area contributed by atoms with Crippen LogP contribution in [-0.4, -0.2) is 27.8 Å². The van der Waals surface area contributed by atoms with Gasteiger partial charge in [-0.25, -0.2) is 4.98 Å². The Labute approximate surface area is 185 Å². The largest absolute Gasteiger partial charge is 0.351 e. The van der Waals surface area contributed by atoms with Gasteiger partial charge in [-0.1, -0.05) is 55.0 Å². The first-order valence-electron chi connectivity index (χ1n) is 10.6. The van der Waals surface area contributed by atoms with Crippen molar-refractivity contribution in [3.05, 3.63) is 88.4 Å². The van der Waals surface area contributed by atoms with Gasteiger partial charge in [-0.15, -0.1) is 11.3 Å². The number of ketones is 1. The van der Waals surface area contributed by atoms with Crippen molar-refractivity contribution in [2.45, 2.75) is 32.2 Å². The highest BCUT2D eigenvalue weighted by atomic mass is 32.1. The van der Waals surface area contributed by atoms with Crippen LogP contribution in [0.25, 0.3) is 11.0 Å². The van der Waals surface area contributed by atoms with Crippen LogP contribution >= 0.6 is 11.3 Å². The quantitative estimate of drug-likeness (QED) is 0.280. The summed E-state index contributed by atoms with van der Waals surface area (Å²) in [4.78, 5) is 30.3. The summed E-state index contributed by atoms with van der Waals surface area (Å²) in [7, 11) is 0. The highest BCUT2D eigenvalue weighted by Crippen LogP contribution is 2.19. The molecule has 1 N–H and O–H groups in total. The first kappa shape index (κ1) is 21.0. The minimum absolute atomic E-state index is 0.00350. The number of carbonyl (C=O) groups excluding carboxylic acids is 2. The molecule has 0 radical (unpaired) electrons. The summed E-state index contributed by atoms with van der Waals surface area (Å²) in [5.74, 6) is 1.02. The third-order valence-corrected chi connectivity index (χ3v) is 6.11. The topological polar surface area (TPSA) is 64.0 Å². The van der Waals surface area contributed by atoms with Crippen LogP contribution in [0.15, 0.2) is 72.1 Å². The van der Waals surface area contributed by atoms with Gasteiger partial charge in [0.05, 0.1) is 22.5 Å². The lowest BCUT2D eigenvalue weighted by atomic mass is 10.1. The standard InChI is InChI=1S/C25H25N3O2S/c29-22(19-10-3-1-4-11-19)18-28-21-13-7-6-12-20(21)27-24(28)15-5-2-8-16-26-25(30)23-14-9-17-31-23/h1,3-4,6-7,9-14,17H,2,5,8,15-16,18H2,(H,26,30). The van der Waals surface area contributed by atoms with Crippen LogP contribution in [0.2, 0.25) is 0 Å². The van der Waals surface area contributed by atoms with Crippen molar-refractivity contribution in [3.8, 4) is 0 Å². The van der Waals surface area contributed by atoms with Gasteiger partial charge >= 0.3 is 0 Å². The summed E-state index contributed by atoms with van der Waals surface area (Å²) >= 11 is 1.45. The number of hydrogen-bond donors (Lipinski definition) is 1. The Bertz CT molecular complexity index is 1150. The van der Waals surface area contributed by atoms with Crippen LogP contribution in [0, 0.1) is 0 Å². The number of imidazole rings is 1. The Balaban J connectivity index is 1.34. The Kier molecular flexibility index (Phi) is 6.89. The Morgan fingerprint density at radius 3 is 2.52 bits per heavy atom. The van der Waals surface area contributed by atoms with Crippen molar-refractivity contribution in [1.82, 2.24) is 14.9 Å². The number of thiophene rings is 1. The van der Waals surface area contributed by atoms with Crippen LogP contribution < -0.4 is 5.32 Å². The number of fused-ring (bicyclic) bond motifs is 1. The molecule has 0 aliphatic carbocycles. The van der Waals surface area contributed by atoms with Crippen LogP contribution in [0.3, 0.4) is 0 Å². The molecule has 2 aromatic carbocycles. The summed E-state index contributed by atoms with van der Waals surface area (Å²) < 4.78 is 2.04. The lowest BCUT2D eigenvalue weighted by Crippen LogP contribution is -2.23. The molecule has 0 saturated heterocycles. The molecule has 0 aliphatic rings. The van der Waals surface area contributed by atoms with Gasteiger partial charge in [0.1, 0.15) is 5.82 Å². The molecule has 4 rings (SSSR count). The molecule has 0 bridgehead atoms. The highest BCUT2D eigenvalue weighted by Gasteiger charge is 2.14. The summed E-state index contributed by atoms with van der Waals surface area (Å²) in [6, 6.07) is 21.1. The normalized spacial score (nSPS) is 11.0. The van der Waals surface area contributed by atoms with Crippen molar-refractivity contribution in [2.75, 3.05) is 6.54 Å². The fourth-order valence-corrected chi connectivity index (χ4v) is 4.27. The predicted octanol–water partition coefficient (Wildman–Crippen LogP) is 5.12. The van der Waals surface area contributed by atoms with Crippen LogP contribution in [0.1, 0.15) is 45.1 Å². The van der Waals surface area contributed by atoms with Gasteiger partial charge in [-0.2, -0.15) is 0 Å². The fourth-order valence-electron chi connectivity index (χ4n) is 3.63. The van der Waals surface area contributed by atoms with Crippen LogP contribution in [-0.2, 0) is 13.0 Å². The van der Waals surface area contributed by atoms with Crippen molar-refractivity contribution < 1.29 is 9.59 Å². The van der Waals surface area contributed by atoms with Gasteiger partial charge in [0, 0.05) is 18.5 Å². The van der Waals surface area contributed by atoms with Gasteiger partial charge in [-0.3, -0.25) is 9.59 Å². The van der Waals surface area contributed by atoms with E-state index >= 15 is 0 Å². The maximum absolute atomic E-state index is 12.8. The minimum atomic E-state index is -0.00350. The molecule has 0 fully saturated rings. The number of nitrogens with one attached hydrogen (secondary N) is 1. The number of unbranched alkanes of at least 4 members (excludes halogenated alkanes) is 2. The lowest BCUT2D eigenvalue weighted by Gasteiger charge is -2.09. The number of amides is 1. The van der Waals surface area contributed by atoms with E-state index in [0.29, 0.717) is 12.1 Å². The maximum Gasteiger partial charge on any atom is 0.261 e. The number of nitrogens with zero attached hydrogens (tertiary/aromatic N) is 2. The van der Waals surface area contributed by atoms with Crippen LogP contribution in [0.4, 0.5) is 0 Å². The summed E-state index contributed by atoms with van der Waals surface area (Å²) in [5, 5.41) is 4.87. The number of benzene rings is 2. The molecule has 0 saturated carbocycles. The van der Waals surface area contributed by atoms with E-state index in [1.807, 2.05) is 76.7 Å². The van der Waals surface area contributed by atoms with E-state index in [1.54, 1.807) is 0 Å². The zero-order valence-electron chi connectivity index (χ0n) is 17.3. The van der Waals surface area contributed by atoms with Gasteiger partial charge in [0.15, 0.2) is 5.78 Å². The summed E-state index contributed by atoms with van der Waals surface area (Å²) in [6.07, 6.45) is 3.66. The average molecular weight is 432 g/mol. The molecule has 0 spiro atoms. The molecular weight excluding hydrogens is 406 g/mol. The van der Waals surface area contributed by atoms with E-state index in [0.717, 1.165) is 47.4 Å². The third-order valence-electron chi connectivity index (χ3n) is 5.24. The monoisotopic (exact) mass is 431 g/mol. The number of para-hydroxylation sites is 2. The molecule has 2 heterocycles. The van der Waals surface area contributed by atoms with E-state index in [-0.39, 0.29) is 18.2 Å². The van der Waals surface area contributed by atoms with Gasteiger partial charge in [0.2, 0.25) is 0 Å². The van der Waals surface area contributed by atoms with Crippen molar-refractivity contribution in [3.63, 3.8) is 0 Å². The second-order valence-corrected chi connectivity index (χ2v) is 8.38. The van der Waals surface area contributed by atoms with Crippen LogP contribution in [0.5, 0.6) is 0 Å². The molecule has 4 aromatic rings. The predicted molar refractivity (Wildman–Crippen MR) is 125 cm³/mol. The van der Waals surface area contributed by atoms with Gasteiger partial charge < -0.3 is 9.88 Å². The maximum atomic E-state index is 12.8. The molecule has 31 heavy (non-hydrogen) atoms. The highest BCUT2D eigenvalue weighted by molar-refractivity contribution is 7.12. The van der Waals surface area contributed by atoms with Crippen molar-refractivity contribution >= 4 is 34.1 Å². The molecule has 2 aromatic heterocycles. The lowest BCUT2D eigenvalue weighted by molar-refractivity contribution is 0.0954. The van der Waals surface area contributed by atoms with E-state index in [2.05, 4.69) is 5.32 Å². The van der Waals surface area contributed by atoms with E-state index in [4.69, 9.17) is 4.98 Å². The zero-order chi connectivity index (χ0) is 21.5. The second-order valence-electron chi connectivity index (χ2n) is 7.44. The molecule has 0 unspecified atom stereocenters. The Morgan fingerprint density at radius 1 is 0.903 bits per heavy atom. The average Bonchev–Trinajstić information content (AvgIpc) is 3.45. The Hall–Kier alpha value is -3.25. The molecule has 0 atom stereocenters. The zero-order valence-corrected chi connectivity index (χ0v) is 18.1. The Morgan fingerprint density at radius 2 is 1.71 bits per heavy atom. The number of hydrogen-bond acceptors (Lipinski definition) is 4. The number of Topliss-reactive ketones (excluding diaryl/α,β-unsaturated/α-hetero) is 1. The van der Waals surface area contributed by atoms with E-state index in [1.165, 1.54) is 11.3 Å². The summed E-state index contributed by atoms with van der Waals surface area (Å²) in [5.41, 5.74) is 2.62. The summed E-state index contributed by atoms with van der Waals surface area (Å²) in [6.45, 7) is 0.955. The molecular formula is C25H25N3O2S. The van der Waals surface area contributed by atoms with E-state index in [9.17, 15) is 9.59 Å². The smallest absolute Gasteiger partial charge is 0.261 e. The SMILES string of the molecule is O=C(Cn1c(CCCCCNC(=O)c2cccs2)nc2ccccc21)c1ccccc1. The second kappa shape index (κ2) is 10.2. The first-order valence-corrected chi connectivity index (χ1v) is 11.4. The number of aromatic nitrogens is 2. The number of rotatable bonds is 10. The van der Waals surface area contributed by atoms with Crippen molar-refractivity contribution in [2.24, 2.45) is 0 Å². The van der Waals surface area contributed by atoms with Gasteiger partial charge in [0.25, 0.3) is 5.91 Å². The first-order chi connectivity index (χ1) is 15.2. The minimum Gasteiger partial charge on any atom is -0.351 e. The van der Waals surface area contributed by atoms with E-state index < -0.39 is 0 Å². The molecule has 6 heteroatoms. The number of aryl methyl sites for hydroxylation is 1. The number of carbonyl (C=O) groups is 2. The van der Waals surface area contributed by atoms with Gasteiger partial charge in [-0.05, 0) is 36.4 Å². The molecule has 0 aliphatic heterocycles. The van der Waals surface area contributed by atoms with Crippen molar-refractivity contribution in [1.29, 1.82) is 0 Å². The molecule has 158 valence electrons. The molecule has 5 nitrogen and oxygen atoms in total. The third kappa shape index (κ3) is 5.27. The molecule has 1 amide bonds.